The number of rotatable bonds is 9. The van der Waals surface area contributed by atoms with E-state index < -0.39 is 17.8 Å². The summed E-state index contributed by atoms with van der Waals surface area (Å²) in [6.45, 7) is 3.87. The normalized spacial score (nSPS) is 25.0. The summed E-state index contributed by atoms with van der Waals surface area (Å²) >= 11 is 0. The summed E-state index contributed by atoms with van der Waals surface area (Å²) in [7, 11) is 3.17. The van der Waals surface area contributed by atoms with Gasteiger partial charge in [0.05, 0.1) is 25.0 Å². The molecule has 1 rings (SSSR count). The fraction of sp³-hybridized carbons (Fsp3) is 0.867. The van der Waals surface area contributed by atoms with Gasteiger partial charge in [-0.05, 0) is 18.8 Å². The van der Waals surface area contributed by atoms with E-state index in [-0.39, 0.29) is 5.91 Å². The van der Waals surface area contributed by atoms with Gasteiger partial charge < -0.3 is 19.5 Å². The molecule has 1 aliphatic rings. The highest BCUT2D eigenvalue weighted by molar-refractivity contribution is 5.85. The number of ether oxygens (including phenoxy) is 2. The van der Waals surface area contributed by atoms with Crippen LogP contribution < -0.4 is 0 Å². The number of nitrogens with zero attached hydrogens (tertiary/aromatic N) is 1. The van der Waals surface area contributed by atoms with Gasteiger partial charge in [-0.15, -0.1) is 0 Å². The number of methoxy groups -OCH3 is 2. The second-order valence-electron chi connectivity index (χ2n) is 5.61. The van der Waals surface area contributed by atoms with Crippen molar-refractivity contribution in [1.29, 1.82) is 0 Å². The van der Waals surface area contributed by atoms with Crippen molar-refractivity contribution >= 4 is 11.9 Å². The Labute approximate surface area is 126 Å². The molecular weight excluding hydrogens is 274 g/mol. The first kappa shape index (κ1) is 17.9. The zero-order valence-corrected chi connectivity index (χ0v) is 13.2. The van der Waals surface area contributed by atoms with Crippen LogP contribution in [0.3, 0.4) is 0 Å². The lowest BCUT2D eigenvalue weighted by molar-refractivity contribution is -0.149. The summed E-state index contributed by atoms with van der Waals surface area (Å²) < 4.78 is 10.1. The molecule has 6 heteroatoms. The van der Waals surface area contributed by atoms with Gasteiger partial charge in [0.2, 0.25) is 5.91 Å². The van der Waals surface area contributed by atoms with E-state index in [0.29, 0.717) is 45.1 Å². The Hall–Kier alpha value is -1.14. The van der Waals surface area contributed by atoms with E-state index in [4.69, 9.17) is 9.47 Å². The first-order valence-corrected chi connectivity index (χ1v) is 7.54. The Bertz CT molecular complexity index is 339. The predicted octanol–water partition coefficient (Wildman–Crippen LogP) is 1.24. The summed E-state index contributed by atoms with van der Waals surface area (Å²) in [5.41, 5.74) is 0. The second-order valence-corrected chi connectivity index (χ2v) is 5.61. The summed E-state index contributed by atoms with van der Waals surface area (Å²) in [5.74, 6) is -1.59. The van der Waals surface area contributed by atoms with Crippen molar-refractivity contribution in [3.05, 3.63) is 0 Å². The number of hydrogen-bond donors (Lipinski definition) is 1. The minimum atomic E-state index is -0.859. The van der Waals surface area contributed by atoms with E-state index >= 15 is 0 Å². The zero-order chi connectivity index (χ0) is 15.8. The van der Waals surface area contributed by atoms with Gasteiger partial charge in [0.25, 0.3) is 0 Å². The van der Waals surface area contributed by atoms with Gasteiger partial charge in [-0.2, -0.15) is 0 Å². The number of carboxylic acids is 1. The molecule has 0 saturated heterocycles. The summed E-state index contributed by atoms with van der Waals surface area (Å²) in [6.07, 6.45) is 2.19. The van der Waals surface area contributed by atoms with Crippen LogP contribution >= 0.6 is 0 Å². The Kier molecular flexibility index (Phi) is 7.67. The number of hydrogen-bond acceptors (Lipinski definition) is 4. The van der Waals surface area contributed by atoms with Crippen LogP contribution in [0.15, 0.2) is 0 Å². The lowest BCUT2D eigenvalue weighted by atomic mass is 9.94. The molecular formula is C15H27NO5. The van der Waals surface area contributed by atoms with Gasteiger partial charge >= 0.3 is 5.97 Å². The minimum absolute atomic E-state index is 0.0764. The standard InChI is InChI=1S/C15H27NO5/c1-4-11-9-12(13(10-11)15(18)19)14(17)16(5-7-20-2)6-8-21-3/h11-13H,4-10H2,1-3H3,(H,18,19). The van der Waals surface area contributed by atoms with Crippen LogP contribution in [0.25, 0.3) is 0 Å². The van der Waals surface area contributed by atoms with Crippen LogP contribution in [0.1, 0.15) is 26.2 Å². The van der Waals surface area contributed by atoms with Crippen LogP contribution in [-0.4, -0.2) is 62.4 Å². The minimum Gasteiger partial charge on any atom is -0.481 e. The molecule has 0 aliphatic heterocycles. The lowest BCUT2D eigenvalue weighted by Gasteiger charge is -2.27. The third kappa shape index (κ3) is 4.97. The van der Waals surface area contributed by atoms with E-state index in [1.165, 1.54) is 0 Å². The van der Waals surface area contributed by atoms with Crippen LogP contribution in [0, 0.1) is 17.8 Å². The molecule has 1 amide bonds. The lowest BCUT2D eigenvalue weighted by Crippen LogP contribution is -2.42. The molecule has 3 atom stereocenters. The molecule has 0 aromatic carbocycles. The molecule has 0 aromatic heterocycles. The summed E-state index contributed by atoms with van der Waals surface area (Å²) in [4.78, 5) is 25.8. The largest absolute Gasteiger partial charge is 0.481 e. The zero-order valence-electron chi connectivity index (χ0n) is 13.2. The molecule has 1 saturated carbocycles. The van der Waals surface area contributed by atoms with Crippen LogP contribution in [-0.2, 0) is 19.1 Å². The highest BCUT2D eigenvalue weighted by Gasteiger charge is 2.43. The smallest absolute Gasteiger partial charge is 0.307 e. The average Bonchev–Trinajstić information content (AvgIpc) is 2.91. The van der Waals surface area contributed by atoms with Gasteiger partial charge in [-0.25, -0.2) is 0 Å². The number of carbonyl (C=O) groups excluding carboxylic acids is 1. The average molecular weight is 301 g/mol. The van der Waals surface area contributed by atoms with Gasteiger partial charge in [-0.1, -0.05) is 13.3 Å². The Morgan fingerprint density at radius 2 is 1.62 bits per heavy atom. The molecule has 0 spiro atoms. The van der Waals surface area contributed by atoms with Crippen molar-refractivity contribution in [3.8, 4) is 0 Å². The Balaban J connectivity index is 2.76. The van der Waals surface area contributed by atoms with Crippen LogP contribution in [0.2, 0.25) is 0 Å². The number of amides is 1. The van der Waals surface area contributed by atoms with Crippen molar-refractivity contribution in [2.75, 3.05) is 40.5 Å². The third-order valence-corrected chi connectivity index (χ3v) is 4.31. The van der Waals surface area contributed by atoms with E-state index in [2.05, 4.69) is 0 Å². The molecule has 0 aromatic rings. The molecule has 6 nitrogen and oxygen atoms in total. The summed E-state index contributed by atoms with van der Waals surface area (Å²) in [5, 5.41) is 9.36. The molecule has 0 radical (unpaired) electrons. The Morgan fingerprint density at radius 1 is 1.10 bits per heavy atom. The van der Waals surface area contributed by atoms with Gasteiger partial charge in [0.15, 0.2) is 0 Å². The molecule has 1 fully saturated rings. The predicted molar refractivity (Wildman–Crippen MR) is 78.0 cm³/mol. The second kappa shape index (κ2) is 9.00. The highest BCUT2D eigenvalue weighted by atomic mass is 16.5. The van der Waals surface area contributed by atoms with Crippen LogP contribution in [0.4, 0.5) is 0 Å². The molecule has 122 valence electrons. The SMILES string of the molecule is CCC1CC(C(=O)O)C(C(=O)N(CCOC)CCOC)C1. The van der Waals surface area contributed by atoms with Gasteiger partial charge in [0, 0.05) is 27.3 Å². The van der Waals surface area contributed by atoms with Crippen molar-refractivity contribution in [2.24, 2.45) is 17.8 Å². The first-order valence-electron chi connectivity index (χ1n) is 7.54. The molecule has 0 heterocycles. The van der Waals surface area contributed by atoms with E-state index in [1.807, 2.05) is 6.92 Å². The third-order valence-electron chi connectivity index (χ3n) is 4.31. The number of aliphatic carboxylic acids is 1. The number of carbonyl (C=O) groups is 2. The first-order chi connectivity index (χ1) is 10.0. The molecule has 3 unspecified atom stereocenters. The highest BCUT2D eigenvalue weighted by Crippen LogP contribution is 2.39. The maximum absolute atomic E-state index is 12.7. The van der Waals surface area contributed by atoms with E-state index in [9.17, 15) is 14.7 Å². The monoisotopic (exact) mass is 301 g/mol. The maximum Gasteiger partial charge on any atom is 0.307 e. The van der Waals surface area contributed by atoms with Gasteiger partial charge in [0.1, 0.15) is 0 Å². The van der Waals surface area contributed by atoms with Crippen LogP contribution in [0.5, 0.6) is 0 Å². The Morgan fingerprint density at radius 3 is 2.05 bits per heavy atom. The van der Waals surface area contributed by atoms with Crippen molar-refractivity contribution in [3.63, 3.8) is 0 Å². The molecule has 21 heavy (non-hydrogen) atoms. The summed E-state index contributed by atoms with van der Waals surface area (Å²) in [6, 6.07) is 0. The van der Waals surface area contributed by atoms with Crippen molar-refractivity contribution in [2.45, 2.75) is 26.2 Å². The van der Waals surface area contributed by atoms with E-state index in [1.54, 1.807) is 19.1 Å². The molecule has 0 bridgehead atoms. The van der Waals surface area contributed by atoms with Gasteiger partial charge in [-0.3, -0.25) is 9.59 Å². The van der Waals surface area contributed by atoms with E-state index in [0.717, 1.165) is 6.42 Å². The topological polar surface area (TPSA) is 76.1 Å². The maximum atomic E-state index is 12.7. The fourth-order valence-corrected chi connectivity index (χ4v) is 2.99. The molecule has 1 N–H and O–H groups in total. The fourth-order valence-electron chi connectivity index (χ4n) is 2.99. The van der Waals surface area contributed by atoms with Crippen molar-refractivity contribution in [1.82, 2.24) is 4.90 Å². The quantitative estimate of drug-likeness (QED) is 0.693. The van der Waals surface area contributed by atoms with Crippen molar-refractivity contribution < 1.29 is 24.2 Å². The number of carboxylic acid groups (broad SMARTS) is 1. The molecule has 1 aliphatic carbocycles.